The van der Waals surface area contributed by atoms with Crippen LogP contribution in [0.3, 0.4) is 0 Å². The van der Waals surface area contributed by atoms with Gasteiger partial charge >= 0.3 is 0 Å². The predicted molar refractivity (Wildman–Crippen MR) is 128 cm³/mol. The lowest BCUT2D eigenvalue weighted by Gasteiger charge is -2.12. The van der Waals surface area contributed by atoms with Gasteiger partial charge < -0.3 is 10.4 Å². The topological polar surface area (TPSA) is 93.7 Å². The van der Waals surface area contributed by atoms with Crippen LogP contribution in [0.2, 0.25) is 0 Å². The third-order valence-corrected chi connectivity index (χ3v) is 6.43. The number of aliphatic hydroxyl groups excluding tert-OH is 1. The quantitative estimate of drug-likeness (QED) is 0.354. The van der Waals surface area contributed by atoms with E-state index in [9.17, 15) is 18.3 Å². The molecule has 4 aromatic rings. The van der Waals surface area contributed by atoms with E-state index < -0.39 is 12.5 Å². The van der Waals surface area contributed by atoms with E-state index in [4.69, 9.17) is 5.10 Å². The SMILES string of the molecule is Cc1nn(-c2cc(Nc3c(C)c(-c4ccc(F)cc4)nn3CC3CC3)ncn2)c(C)c1C(O)C(F)F. The number of aryl methyl sites for hydroxylation is 1. The molecule has 1 fully saturated rings. The zero-order valence-electron chi connectivity index (χ0n) is 20.1. The second kappa shape index (κ2) is 9.38. The zero-order chi connectivity index (χ0) is 25.6. The van der Waals surface area contributed by atoms with Gasteiger partial charge in [-0.15, -0.1) is 0 Å². The first-order valence-corrected chi connectivity index (χ1v) is 11.7. The molecular weight excluding hydrogens is 471 g/mol. The van der Waals surface area contributed by atoms with Gasteiger partial charge in [-0.3, -0.25) is 0 Å². The normalized spacial score (nSPS) is 14.4. The molecule has 11 heteroatoms. The Morgan fingerprint density at radius 2 is 1.81 bits per heavy atom. The van der Waals surface area contributed by atoms with Crippen LogP contribution in [-0.4, -0.2) is 41.1 Å². The maximum absolute atomic E-state index is 13.5. The van der Waals surface area contributed by atoms with E-state index in [1.165, 1.54) is 23.1 Å². The van der Waals surface area contributed by atoms with Gasteiger partial charge in [-0.1, -0.05) is 0 Å². The molecule has 0 amide bonds. The Morgan fingerprint density at radius 3 is 2.47 bits per heavy atom. The number of aromatic nitrogens is 6. The maximum atomic E-state index is 13.5. The highest BCUT2D eigenvalue weighted by Gasteiger charge is 2.28. The number of alkyl halides is 2. The number of nitrogens with one attached hydrogen (secondary N) is 1. The highest BCUT2D eigenvalue weighted by atomic mass is 19.3. The lowest BCUT2D eigenvalue weighted by molar-refractivity contribution is -0.00650. The third kappa shape index (κ3) is 4.58. The van der Waals surface area contributed by atoms with Gasteiger partial charge in [0.25, 0.3) is 6.43 Å². The molecule has 0 bridgehead atoms. The van der Waals surface area contributed by atoms with Crippen LogP contribution in [0, 0.1) is 32.5 Å². The van der Waals surface area contributed by atoms with E-state index in [0.717, 1.165) is 42.0 Å². The van der Waals surface area contributed by atoms with Crippen LogP contribution in [0.4, 0.5) is 24.8 Å². The Balaban J connectivity index is 1.50. The molecule has 3 aromatic heterocycles. The highest BCUT2D eigenvalue weighted by Crippen LogP contribution is 2.36. The number of rotatable bonds is 8. The fourth-order valence-corrected chi connectivity index (χ4v) is 4.35. The van der Waals surface area contributed by atoms with Gasteiger partial charge in [0, 0.05) is 35.0 Å². The summed E-state index contributed by atoms with van der Waals surface area (Å²) in [6.07, 6.45) is -1.20. The highest BCUT2D eigenvalue weighted by molar-refractivity contribution is 5.71. The number of hydrogen-bond donors (Lipinski definition) is 2. The van der Waals surface area contributed by atoms with E-state index in [1.54, 1.807) is 32.0 Å². The molecule has 8 nitrogen and oxygen atoms in total. The molecule has 0 radical (unpaired) electrons. The van der Waals surface area contributed by atoms with Crippen LogP contribution in [0.25, 0.3) is 17.1 Å². The summed E-state index contributed by atoms with van der Waals surface area (Å²) in [5, 5.41) is 22.4. The molecule has 1 unspecified atom stereocenters. The monoisotopic (exact) mass is 497 g/mol. The van der Waals surface area contributed by atoms with Crippen molar-refractivity contribution in [3.8, 4) is 17.1 Å². The first-order valence-electron chi connectivity index (χ1n) is 11.7. The van der Waals surface area contributed by atoms with Gasteiger partial charge in [0.1, 0.15) is 29.9 Å². The van der Waals surface area contributed by atoms with E-state index in [-0.39, 0.29) is 11.4 Å². The lowest BCUT2D eigenvalue weighted by Crippen LogP contribution is -2.11. The lowest BCUT2D eigenvalue weighted by atomic mass is 10.1. The van der Waals surface area contributed by atoms with Crippen molar-refractivity contribution in [3.05, 3.63) is 65.0 Å². The van der Waals surface area contributed by atoms with Gasteiger partial charge in [-0.2, -0.15) is 10.2 Å². The van der Waals surface area contributed by atoms with E-state index in [0.29, 0.717) is 28.9 Å². The summed E-state index contributed by atoms with van der Waals surface area (Å²) in [4.78, 5) is 8.59. The van der Waals surface area contributed by atoms with Gasteiger partial charge in [0.15, 0.2) is 5.82 Å². The van der Waals surface area contributed by atoms with E-state index >= 15 is 0 Å². The van der Waals surface area contributed by atoms with E-state index in [2.05, 4.69) is 20.4 Å². The molecule has 1 aliphatic carbocycles. The molecule has 0 spiro atoms. The summed E-state index contributed by atoms with van der Waals surface area (Å²) < 4.78 is 43.1. The fourth-order valence-electron chi connectivity index (χ4n) is 4.35. The Labute approximate surface area is 205 Å². The second-order valence-corrected chi connectivity index (χ2v) is 9.12. The van der Waals surface area contributed by atoms with Crippen molar-refractivity contribution in [2.24, 2.45) is 5.92 Å². The summed E-state index contributed by atoms with van der Waals surface area (Å²) in [6, 6.07) is 7.88. The summed E-state index contributed by atoms with van der Waals surface area (Å²) in [5.41, 5.74) is 3.20. The van der Waals surface area contributed by atoms with Crippen molar-refractivity contribution < 1.29 is 18.3 Å². The Hall–Kier alpha value is -3.73. The number of anilines is 2. The summed E-state index contributed by atoms with van der Waals surface area (Å²) >= 11 is 0. The molecule has 2 N–H and O–H groups in total. The van der Waals surface area contributed by atoms with Gasteiger partial charge in [-0.25, -0.2) is 32.5 Å². The molecule has 36 heavy (non-hydrogen) atoms. The van der Waals surface area contributed by atoms with Crippen molar-refractivity contribution >= 4 is 11.6 Å². The van der Waals surface area contributed by atoms with Crippen molar-refractivity contribution in [1.82, 2.24) is 29.5 Å². The number of halogens is 3. The van der Waals surface area contributed by atoms with Crippen molar-refractivity contribution in [1.29, 1.82) is 0 Å². The van der Waals surface area contributed by atoms with Crippen LogP contribution in [0.5, 0.6) is 0 Å². The molecule has 1 aromatic carbocycles. The first-order chi connectivity index (χ1) is 17.2. The van der Waals surface area contributed by atoms with Gasteiger partial charge in [-0.05, 0) is 63.8 Å². The first kappa shape index (κ1) is 24.0. The molecule has 1 aliphatic rings. The fraction of sp³-hybridized carbons (Fsp3) is 0.360. The van der Waals surface area contributed by atoms with Crippen molar-refractivity contribution in [2.45, 2.75) is 52.7 Å². The smallest absolute Gasteiger partial charge is 0.268 e. The Morgan fingerprint density at radius 1 is 1.08 bits per heavy atom. The summed E-state index contributed by atoms with van der Waals surface area (Å²) in [5.74, 6) is 1.84. The number of benzene rings is 1. The van der Waals surface area contributed by atoms with Crippen LogP contribution in [-0.2, 0) is 6.54 Å². The van der Waals surface area contributed by atoms with Crippen molar-refractivity contribution in [2.75, 3.05) is 5.32 Å². The average Bonchev–Trinajstić information content (AvgIpc) is 3.56. The van der Waals surface area contributed by atoms with Crippen molar-refractivity contribution in [3.63, 3.8) is 0 Å². The Kier molecular flexibility index (Phi) is 6.25. The largest absolute Gasteiger partial charge is 0.382 e. The molecule has 188 valence electrons. The number of aliphatic hydroxyl groups is 1. The van der Waals surface area contributed by atoms with Crippen LogP contribution >= 0.6 is 0 Å². The molecule has 1 atom stereocenters. The van der Waals surface area contributed by atoms with Gasteiger partial charge in [0.05, 0.1) is 11.4 Å². The molecule has 0 aliphatic heterocycles. The van der Waals surface area contributed by atoms with Gasteiger partial charge in [0.2, 0.25) is 0 Å². The van der Waals surface area contributed by atoms with Crippen LogP contribution < -0.4 is 5.32 Å². The van der Waals surface area contributed by atoms with E-state index in [1.807, 2.05) is 11.6 Å². The maximum Gasteiger partial charge on any atom is 0.268 e. The zero-order valence-corrected chi connectivity index (χ0v) is 20.1. The summed E-state index contributed by atoms with van der Waals surface area (Å²) in [7, 11) is 0. The summed E-state index contributed by atoms with van der Waals surface area (Å²) in [6.45, 7) is 5.87. The predicted octanol–water partition coefficient (Wildman–Crippen LogP) is 5.04. The third-order valence-electron chi connectivity index (χ3n) is 6.43. The molecule has 1 saturated carbocycles. The minimum absolute atomic E-state index is 0.0837. The number of hydrogen-bond acceptors (Lipinski definition) is 6. The average molecular weight is 498 g/mol. The second-order valence-electron chi connectivity index (χ2n) is 9.12. The minimum Gasteiger partial charge on any atom is -0.382 e. The molecule has 3 heterocycles. The Bertz CT molecular complexity index is 1390. The standard InChI is InChI=1S/C25H26F3N7O/c1-13-22(17-6-8-18(26)9-7-17)33-34(11-16-4-5-16)25(13)31-19-10-20(30-12-29-19)35-15(3)21(14(2)32-35)23(36)24(27)28/h6-10,12,16,23-24,36H,4-5,11H2,1-3H3,(H,29,30,31). The minimum atomic E-state index is -2.92. The van der Waals surface area contributed by atoms with Crippen LogP contribution in [0.15, 0.2) is 36.7 Å². The van der Waals surface area contributed by atoms with Crippen LogP contribution in [0.1, 0.15) is 41.5 Å². The number of nitrogens with zero attached hydrogens (tertiary/aromatic N) is 6. The molecule has 0 saturated heterocycles. The molecule has 5 rings (SSSR count). The molecular formula is C25H26F3N7O.